The zero-order valence-electron chi connectivity index (χ0n) is 13.1. The molecule has 4 rings (SSSR count). The Morgan fingerprint density at radius 3 is 3.04 bits per heavy atom. The Labute approximate surface area is 138 Å². The minimum absolute atomic E-state index is 0.0635. The average molecular weight is 333 g/mol. The van der Waals surface area contributed by atoms with Crippen molar-refractivity contribution in [3.63, 3.8) is 0 Å². The third-order valence-electron chi connectivity index (χ3n) is 4.51. The highest BCUT2D eigenvalue weighted by Gasteiger charge is 2.34. The second-order valence-electron chi connectivity index (χ2n) is 6.01. The van der Waals surface area contributed by atoms with Crippen molar-refractivity contribution in [1.29, 1.82) is 0 Å². The largest absolute Gasteiger partial charge is 0.423 e. The number of aryl methyl sites for hydroxylation is 2. The third kappa shape index (κ3) is 2.68. The van der Waals surface area contributed by atoms with Crippen molar-refractivity contribution in [2.24, 2.45) is 0 Å². The van der Waals surface area contributed by atoms with E-state index in [1.54, 1.807) is 18.3 Å². The maximum Gasteiger partial charge on any atom is 0.255 e. The van der Waals surface area contributed by atoms with Crippen LogP contribution in [0.1, 0.15) is 51.5 Å². The van der Waals surface area contributed by atoms with E-state index in [0.717, 1.165) is 18.4 Å². The van der Waals surface area contributed by atoms with Gasteiger partial charge in [0.05, 0.1) is 18.8 Å². The van der Waals surface area contributed by atoms with Gasteiger partial charge in [-0.25, -0.2) is 0 Å². The molecular formula is C16H19N3O3S. The summed E-state index contributed by atoms with van der Waals surface area (Å²) < 4.78 is 11.1. The maximum atomic E-state index is 13.1. The van der Waals surface area contributed by atoms with Crippen molar-refractivity contribution in [2.75, 3.05) is 19.8 Å². The molecule has 2 aromatic heterocycles. The van der Waals surface area contributed by atoms with Gasteiger partial charge < -0.3 is 14.1 Å². The molecule has 2 aliphatic rings. The molecule has 0 bridgehead atoms. The smallest absolute Gasteiger partial charge is 0.255 e. The standard InChI is InChI=1S/C16H19N3O3S/c1-10-17-18-15(22-10)13-8-21-7-6-19(13)16(20)12-9-23-14-5-3-2-4-11(12)14/h9,13H,2-8H2,1H3/t13-/m0/s1. The molecule has 1 amide bonds. The van der Waals surface area contributed by atoms with Gasteiger partial charge in [0, 0.05) is 23.7 Å². The molecule has 1 saturated heterocycles. The zero-order valence-corrected chi connectivity index (χ0v) is 13.9. The van der Waals surface area contributed by atoms with Crippen LogP contribution in [0.15, 0.2) is 9.80 Å². The fraction of sp³-hybridized carbons (Fsp3) is 0.562. The van der Waals surface area contributed by atoms with Crippen LogP contribution in [-0.2, 0) is 17.6 Å². The number of ether oxygens (including phenoxy) is 1. The second-order valence-corrected chi connectivity index (χ2v) is 6.97. The summed E-state index contributed by atoms with van der Waals surface area (Å²) in [6.45, 7) is 3.25. The van der Waals surface area contributed by atoms with Crippen LogP contribution in [0.4, 0.5) is 0 Å². The highest BCUT2D eigenvalue weighted by atomic mass is 32.1. The summed E-state index contributed by atoms with van der Waals surface area (Å²) in [6, 6.07) is -0.295. The quantitative estimate of drug-likeness (QED) is 0.845. The molecule has 1 atom stereocenters. The molecule has 0 saturated carbocycles. The Hall–Kier alpha value is -1.73. The first kappa shape index (κ1) is 14.8. The van der Waals surface area contributed by atoms with Gasteiger partial charge in [-0.15, -0.1) is 21.5 Å². The van der Waals surface area contributed by atoms with E-state index in [-0.39, 0.29) is 11.9 Å². The molecule has 3 heterocycles. The van der Waals surface area contributed by atoms with Gasteiger partial charge in [0.25, 0.3) is 5.91 Å². The van der Waals surface area contributed by atoms with Crippen molar-refractivity contribution in [1.82, 2.24) is 15.1 Å². The van der Waals surface area contributed by atoms with Gasteiger partial charge in [0.15, 0.2) is 0 Å². The van der Waals surface area contributed by atoms with Crippen molar-refractivity contribution in [2.45, 2.75) is 38.6 Å². The molecule has 1 fully saturated rings. The molecule has 1 aliphatic carbocycles. The highest BCUT2D eigenvalue weighted by molar-refractivity contribution is 7.10. The summed E-state index contributed by atoms with van der Waals surface area (Å²) in [4.78, 5) is 16.3. The predicted molar refractivity (Wildman–Crippen MR) is 84.6 cm³/mol. The first-order valence-electron chi connectivity index (χ1n) is 8.02. The fourth-order valence-electron chi connectivity index (χ4n) is 3.33. The lowest BCUT2D eigenvalue weighted by atomic mass is 9.95. The Morgan fingerprint density at radius 2 is 2.22 bits per heavy atom. The van der Waals surface area contributed by atoms with Crippen LogP contribution in [0, 0.1) is 6.92 Å². The van der Waals surface area contributed by atoms with Crippen LogP contribution in [0.3, 0.4) is 0 Å². The van der Waals surface area contributed by atoms with Crippen molar-refractivity contribution in [3.8, 4) is 0 Å². The van der Waals surface area contributed by atoms with E-state index in [2.05, 4.69) is 10.2 Å². The van der Waals surface area contributed by atoms with Crippen LogP contribution in [0.2, 0.25) is 0 Å². The number of morpholine rings is 1. The van der Waals surface area contributed by atoms with Gasteiger partial charge in [-0.05, 0) is 31.2 Å². The maximum absolute atomic E-state index is 13.1. The number of hydrogen-bond acceptors (Lipinski definition) is 6. The lowest BCUT2D eigenvalue weighted by Crippen LogP contribution is -2.43. The third-order valence-corrected chi connectivity index (χ3v) is 5.60. The summed E-state index contributed by atoms with van der Waals surface area (Å²) in [5.74, 6) is 1.03. The molecule has 7 heteroatoms. The summed E-state index contributed by atoms with van der Waals surface area (Å²) >= 11 is 1.72. The summed E-state index contributed by atoms with van der Waals surface area (Å²) in [5.41, 5.74) is 2.10. The van der Waals surface area contributed by atoms with Crippen LogP contribution in [0.5, 0.6) is 0 Å². The number of rotatable bonds is 2. The molecular weight excluding hydrogens is 314 g/mol. The van der Waals surface area contributed by atoms with Gasteiger partial charge in [-0.1, -0.05) is 0 Å². The Morgan fingerprint density at radius 1 is 1.35 bits per heavy atom. The molecule has 0 radical (unpaired) electrons. The number of amides is 1. The molecule has 0 aromatic carbocycles. The Bertz CT molecular complexity index is 724. The van der Waals surface area contributed by atoms with E-state index in [4.69, 9.17) is 9.15 Å². The highest BCUT2D eigenvalue weighted by Crippen LogP contribution is 2.33. The molecule has 0 N–H and O–H groups in total. The van der Waals surface area contributed by atoms with Gasteiger partial charge in [0.2, 0.25) is 11.8 Å². The molecule has 0 unspecified atom stereocenters. The molecule has 0 spiro atoms. The molecule has 23 heavy (non-hydrogen) atoms. The second kappa shape index (κ2) is 6.05. The predicted octanol–water partition coefficient (Wildman–Crippen LogP) is 2.53. The van der Waals surface area contributed by atoms with Gasteiger partial charge in [-0.3, -0.25) is 4.79 Å². The van der Waals surface area contributed by atoms with E-state index in [1.807, 2.05) is 10.3 Å². The Balaban J connectivity index is 1.64. The monoisotopic (exact) mass is 333 g/mol. The molecule has 1 aliphatic heterocycles. The number of fused-ring (bicyclic) bond motifs is 1. The number of carbonyl (C=O) groups is 1. The van der Waals surface area contributed by atoms with Crippen LogP contribution < -0.4 is 0 Å². The molecule has 6 nitrogen and oxygen atoms in total. The van der Waals surface area contributed by atoms with Crippen molar-refractivity contribution < 1.29 is 13.9 Å². The topological polar surface area (TPSA) is 68.5 Å². The fourth-order valence-corrected chi connectivity index (χ4v) is 4.45. The lowest BCUT2D eigenvalue weighted by Gasteiger charge is -2.33. The van der Waals surface area contributed by atoms with E-state index < -0.39 is 0 Å². The summed E-state index contributed by atoms with van der Waals surface area (Å²) in [6.07, 6.45) is 4.50. The van der Waals surface area contributed by atoms with Crippen LogP contribution in [-0.4, -0.2) is 40.8 Å². The van der Waals surface area contributed by atoms with E-state index >= 15 is 0 Å². The average Bonchev–Trinajstić information content (AvgIpc) is 3.20. The molecule has 2 aromatic rings. The van der Waals surface area contributed by atoms with Gasteiger partial charge in [-0.2, -0.15) is 0 Å². The molecule has 122 valence electrons. The number of thiophene rings is 1. The first-order chi connectivity index (χ1) is 11.2. The minimum Gasteiger partial charge on any atom is -0.423 e. The van der Waals surface area contributed by atoms with Crippen LogP contribution >= 0.6 is 11.3 Å². The number of aromatic nitrogens is 2. The summed E-state index contributed by atoms with van der Waals surface area (Å²) in [5, 5.41) is 9.98. The Kier molecular flexibility index (Phi) is 3.90. The van der Waals surface area contributed by atoms with Crippen molar-refractivity contribution in [3.05, 3.63) is 33.2 Å². The lowest BCUT2D eigenvalue weighted by molar-refractivity contribution is -0.0106. The van der Waals surface area contributed by atoms with E-state index in [1.165, 1.54) is 23.3 Å². The zero-order chi connectivity index (χ0) is 15.8. The van der Waals surface area contributed by atoms with Crippen LogP contribution in [0.25, 0.3) is 0 Å². The van der Waals surface area contributed by atoms with Crippen molar-refractivity contribution >= 4 is 17.2 Å². The number of hydrogen-bond donors (Lipinski definition) is 0. The summed E-state index contributed by atoms with van der Waals surface area (Å²) in [7, 11) is 0. The normalized spacial score (nSPS) is 21.3. The minimum atomic E-state index is -0.295. The number of carbonyl (C=O) groups excluding carboxylic acids is 1. The van der Waals surface area contributed by atoms with E-state index in [9.17, 15) is 4.79 Å². The van der Waals surface area contributed by atoms with Gasteiger partial charge >= 0.3 is 0 Å². The number of nitrogens with zero attached hydrogens (tertiary/aromatic N) is 3. The van der Waals surface area contributed by atoms with E-state index in [0.29, 0.717) is 31.5 Å². The van der Waals surface area contributed by atoms with Gasteiger partial charge in [0.1, 0.15) is 6.04 Å². The first-order valence-corrected chi connectivity index (χ1v) is 8.90. The SMILES string of the molecule is Cc1nnc([C@@H]2COCCN2C(=O)c2csc3c2CCCC3)o1.